The van der Waals surface area contributed by atoms with Crippen molar-refractivity contribution in [2.45, 2.75) is 39.2 Å². The monoisotopic (exact) mass is 240 g/mol. The normalized spacial score (nSPS) is 15.1. The van der Waals surface area contributed by atoms with Crippen molar-refractivity contribution in [3.05, 3.63) is 17.2 Å². The van der Waals surface area contributed by atoms with Crippen molar-refractivity contribution in [2.24, 2.45) is 0 Å². The fourth-order valence-electron chi connectivity index (χ4n) is 2.35. The second-order valence-electron chi connectivity index (χ2n) is 4.25. The molecule has 1 heterocycles. The Morgan fingerprint density at radius 2 is 2.12 bits per heavy atom. The van der Waals surface area contributed by atoms with Crippen molar-refractivity contribution >= 4 is 12.6 Å². The number of thiol groups is 1. The minimum atomic E-state index is 0.735. The van der Waals surface area contributed by atoms with Gasteiger partial charge in [0.25, 0.3) is 0 Å². The Balaban J connectivity index is 1.99. The van der Waals surface area contributed by atoms with E-state index < -0.39 is 0 Å². The van der Waals surface area contributed by atoms with Crippen LogP contribution in [0.4, 0.5) is 0 Å². The highest BCUT2D eigenvalue weighted by atomic mass is 32.1. The summed E-state index contributed by atoms with van der Waals surface area (Å²) in [6.45, 7) is 4.53. The van der Waals surface area contributed by atoms with E-state index in [9.17, 15) is 0 Å². The first-order valence-corrected chi connectivity index (χ1v) is 6.69. The van der Waals surface area contributed by atoms with Gasteiger partial charge < -0.3 is 9.30 Å². The molecule has 0 aliphatic heterocycles. The predicted octanol–water partition coefficient (Wildman–Crippen LogP) is 2.02. The molecule has 0 unspecified atom stereocenters. The maximum atomic E-state index is 5.48. The van der Waals surface area contributed by atoms with Gasteiger partial charge in [0, 0.05) is 18.0 Å². The maximum absolute atomic E-state index is 5.48. The van der Waals surface area contributed by atoms with Crippen LogP contribution in [0.15, 0.2) is 0 Å². The van der Waals surface area contributed by atoms with E-state index in [1.165, 1.54) is 30.7 Å². The standard InChI is InChI=1S/C12H20N2OS/c1-10-13-11-4-2-3-5-12(11)14(10)6-7-15-8-9-16/h16H,2-9H2,1H3. The van der Waals surface area contributed by atoms with E-state index in [2.05, 4.69) is 29.1 Å². The molecule has 0 aromatic carbocycles. The Labute approximate surface area is 103 Å². The Bertz CT molecular complexity index is 349. The Kier molecular flexibility index (Phi) is 4.29. The van der Waals surface area contributed by atoms with E-state index in [0.717, 1.165) is 37.8 Å². The molecule has 0 atom stereocenters. The molecule has 3 nitrogen and oxygen atoms in total. The first-order chi connectivity index (χ1) is 7.83. The summed E-state index contributed by atoms with van der Waals surface area (Å²) in [4.78, 5) is 4.64. The molecule has 1 aromatic heterocycles. The lowest BCUT2D eigenvalue weighted by Gasteiger charge is -2.14. The van der Waals surface area contributed by atoms with Crippen LogP contribution in [0, 0.1) is 6.92 Å². The van der Waals surface area contributed by atoms with Gasteiger partial charge in [0.15, 0.2) is 0 Å². The fraction of sp³-hybridized carbons (Fsp3) is 0.750. The zero-order valence-corrected chi connectivity index (χ0v) is 10.8. The van der Waals surface area contributed by atoms with Crippen molar-refractivity contribution < 1.29 is 4.74 Å². The number of hydrogen-bond donors (Lipinski definition) is 1. The zero-order valence-electron chi connectivity index (χ0n) is 9.91. The lowest BCUT2D eigenvalue weighted by molar-refractivity contribution is 0.140. The molecular weight excluding hydrogens is 220 g/mol. The Morgan fingerprint density at radius 3 is 2.94 bits per heavy atom. The summed E-state index contributed by atoms with van der Waals surface area (Å²) in [5, 5.41) is 0. The van der Waals surface area contributed by atoms with Crippen LogP contribution in [0.2, 0.25) is 0 Å². The highest BCUT2D eigenvalue weighted by Crippen LogP contribution is 2.21. The number of imidazole rings is 1. The lowest BCUT2D eigenvalue weighted by Crippen LogP contribution is -2.13. The summed E-state index contributed by atoms with van der Waals surface area (Å²) in [7, 11) is 0. The van der Waals surface area contributed by atoms with Crippen LogP contribution in [-0.2, 0) is 24.1 Å². The molecule has 0 radical (unpaired) electrons. The molecule has 1 aliphatic rings. The van der Waals surface area contributed by atoms with Crippen LogP contribution >= 0.6 is 12.6 Å². The minimum absolute atomic E-state index is 0.735. The van der Waals surface area contributed by atoms with Gasteiger partial charge in [-0.25, -0.2) is 4.98 Å². The molecule has 0 fully saturated rings. The van der Waals surface area contributed by atoms with Gasteiger partial charge in [0.05, 0.1) is 18.9 Å². The molecule has 0 bridgehead atoms. The van der Waals surface area contributed by atoms with Crippen molar-refractivity contribution in [1.29, 1.82) is 0 Å². The second kappa shape index (κ2) is 5.73. The molecule has 0 spiro atoms. The molecule has 4 heteroatoms. The maximum Gasteiger partial charge on any atom is 0.106 e. The summed E-state index contributed by atoms with van der Waals surface area (Å²) < 4.78 is 7.80. The molecular formula is C12H20N2OS. The molecule has 0 saturated carbocycles. The SMILES string of the molecule is Cc1nc2c(n1CCOCCS)CCCC2. The van der Waals surface area contributed by atoms with Gasteiger partial charge in [0.1, 0.15) is 5.82 Å². The number of nitrogens with zero attached hydrogens (tertiary/aromatic N) is 2. The first kappa shape index (κ1) is 12.0. The molecule has 1 aliphatic carbocycles. The van der Waals surface area contributed by atoms with Crippen molar-refractivity contribution in [3.8, 4) is 0 Å². The zero-order chi connectivity index (χ0) is 11.4. The molecule has 16 heavy (non-hydrogen) atoms. The van der Waals surface area contributed by atoms with Crippen LogP contribution in [0.25, 0.3) is 0 Å². The van der Waals surface area contributed by atoms with Crippen molar-refractivity contribution in [3.63, 3.8) is 0 Å². The van der Waals surface area contributed by atoms with Crippen LogP contribution in [-0.4, -0.2) is 28.5 Å². The highest BCUT2D eigenvalue weighted by Gasteiger charge is 2.17. The number of ether oxygens (including phenoxy) is 1. The number of aryl methyl sites for hydroxylation is 2. The summed E-state index contributed by atoms with van der Waals surface area (Å²) >= 11 is 4.12. The van der Waals surface area contributed by atoms with Crippen LogP contribution in [0.3, 0.4) is 0 Å². The number of aromatic nitrogens is 2. The van der Waals surface area contributed by atoms with Gasteiger partial charge in [-0.3, -0.25) is 0 Å². The highest BCUT2D eigenvalue weighted by molar-refractivity contribution is 7.80. The van der Waals surface area contributed by atoms with Gasteiger partial charge in [-0.15, -0.1) is 0 Å². The van der Waals surface area contributed by atoms with E-state index in [4.69, 9.17) is 4.74 Å². The third-order valence-corrected chi connectivity index (χ3v) is 3.30. The van der Waals surface area contributed by atoms with E-state index in [1.807, 2.05) is 0 Å². The number of rotatable bonds is 5. The summed E-state index contributed by atoms with van der Waals surface area (Å²) in [6, 6.07) is 0. The van der Waals surface area contributed by atoms with E-state index in [-0.39, 0.29) is 0 Å². The third-order valence-electron chi connectivity index (χ3n) is 3.12. The van der Waals surface area contributed by atoms with Crippen molar-refractivity contribution in [2.75, 3.05) is 19.0 Å². The van der Waals surface area contributed by atoms with Gasteiger partial charge in [-0.1, -0.05) is 0 Å². The quantitative estimate of drug-likeness (QED) is 0.630. The number of fused-ring (bicyclic) bond motifs is 1. The third kappa shape index (κ3) is 2.61. The second-order valence-corrected chi connectivity index (χ2v) is 4.69. The fourth-order valence-corrected chi connectivity index (χ4v) is 2.48. The van der Waals surface area contributed by atoms with Gasteiger partial charge in [0.2, 0.25) is 0 Å². The molecule has 90 valence electrons. The van der Waals surface area contributed by atoms with Gasteiger partial charge in [-0.05, 0) is 32.6 Å². The molecule has 0 saturated heterocycles. The largest absolute Gasteiger partial charge is 0.379 e. The van der Waals surface area contributed by atoms with Crippen LogP contribution in [0.5, 0.6) is 0 Å². The predicted molar refractivity (Wildman–Crippen MR) is 68.3 cm³/mol. The summed E-state index contributed by atoms with van der Waals surface area (Å²) in [5.41, 5.74) is 2.76. The molecule has 0 amide bonds. The average Bonchev–Trinajstić information content (AvgIpc) is 2.61. The lowest BCUT2D eigenvalue weighted by atomic mass is 10.0. The topological polar surface area (TPSA) is 27.1 Å². The summed E-state index contributed by atoms with van der Waals surface area (Å²) in [5.74, 6) is 1.93. The average molecular weight is 240 g/mol. The Morgan fingerprint density at radius 1 is 1.31 bits per heavy atom. The Hall–Kier alpha value is -0.480. The van der Waals surface area contributed by atoms with E-state index >= 15 is 0 Å². The van der Waals surface area contributed by atoms with Crippen LogP contribution < -0.4 is 0 Å². The smallest absolute Gasteiger partial charge is 0.106 e. The summed E-state index contributed by atoms with van der Waals surface area (Å²) in [6.07, 6.45) is 4.93. The minimum Gasteiger partial charge on any atom is -0.379 e. The molecule has 1 aromatic rings. The van der Waals surface area contributed by atoms with Gasteiger partial charge in [-0.2, -0.15) is 12.6 Å². The number of hydrogen-bond acceptors (Lipinski definition) is 3. The van der Waals surface area contributed by atoms with E-state index in [0.29, 0.717) is 0 Å². The van der Waals surface area contributed by atoms with Gasteiger partial charge >= 0.3 is 0 Å². The van der Waals surface area contributed by atoms with Crippen molar-refractivity contribution in [1.82, 2.24) is 9.55 Å². The first-order valence-electron chi connectivity index (χ1n) is 6.06. The van der Waals surface area contributed by atoms with E-state index in [1.54, 1.807) is 0 Å². The molecule has 2 rings (SSSR count). The molecule has 0 N–H and O–H groups in total. The van der Waals surface area contributed by atoms with Crippen LogP contribution in [0.1, 0.15) is 30.1 Å².